The maximum Gasteiger partial charge on any atom is 0.250 e. The predicted molar refractivity (Wildman–Crippen MR) is 84.7 cm³/mol. The van der Waals surface area contributed by atoms with Crippen molar-refractivity contribution in [3.8, 4) is 0 Å². The van der Waals surface area contributed by atoms with Gasteiger partial charge in [-0.15, -0.1) is 0 Å². The Hall–Kier alpha value is -2.11. The molecule has 3 amide bonds. The molecule has 1 aliphatic rings. The maximum atomic E-state index is 12.7. The quantitative estimate of drug-likeness (QED) is 0.579. The average Bonchev–Trinajstić information content (AvgIpc) is 2.90. The zero-order valence-electron chi connectivity index (χ0n) is 13.7. The van der Waals surface area contributed by atoms with Gasteiger partial charge in [0.2, 0.25) is 17.7 Å². The van der Waals surface area contributed by atoms with E-state index in [1.54, 1.807) is 26.1 Å². The van der Waals surface area contributed by atoms with E-state index in [9.17, 15) is 14.4 Å². The molecule has 0 radical (unpaired) electrons. The third kappa shape index (κ3) is 3.96. The summed E-state index contributed by atoms with van der Waals surface area (Å²) in [6.07, 6.45) is 3.93. The molecular weight excluding hydrogens is 282 g/mol. The lowest BCUT2D eigenvalue weighted by Crippen LogP contribution is -2.53. The molecule has 0 aromatic rings. The highest BCUT2D eigenvalue weighted by atomic mass is 16.2. The van der Waals surface area contributed by atoms with Crippen LogP contribution in [0, 0.1) is 5.92 Å². The van der Waals surface area contributed by atoms with Gasteiger partial charge >= 0.3 is 0 Å². The van der Waals surface area contributed by atoms with Crippen LogP contribution in [0.3, 0.4) is 0 Å². The van der Waals surface area contributed by atoms with Crippen LogP contribution in [-0.4, -0.2) is 53.2 Å². The Morgan fingerprint density at radius 2 is 2.00 bits per heavy atom. The Morgan fingerprint density at radius 3 is 2.45 bits per heavy atom. The summed E-state index contributed by atoms with van der Waals surface area (Å²) in [5.74, 6) is -0.895. The van der Waals surface area contributed by atoms with Gasteiger partial charge in [-0.3, -0.25) is 14.4 Å². The van der Waals surface area contributed by atoms with E-state index in [-0.39, 0.29) is 17.7 Å². The molecule has 0 saturated carbocycles. The molecule has 1 aliphatic heterocycles. The van der Waals surface area contributed by atoms with Gasteiger partial charge in [-0.05, 0) is 19.3 Å². The van der Waals surface area contributed by atoms with Crippen LogP contribution in [0.15, 0.2) is 24.3 Å². The number of carbonyl (C=O) groups excluding carboxylic acids is 3. The number of primary amides is 1. The number of amides is 3. The Bertz CT molecular complexity index is 511. The van der Waals surface area contributed by atoms with Gasteiger partial charge in [0.15, 0.2) is 0 Å². The van der Waals surface area contributed by atoms with E-state index in [4.69, 9.17) is 5.73 Å². The molecule has 0 spiro atoms. The molecule has 6 nitrogen and oxygen atoms in total. The van der Waals surface area contributed by atoms with E-state index in [0.29, 0.717) is 18.5 Å². The number of nitrogens with two attached hydrogens (primary N) is 1. The first-order chi connectivity index (χ1) is 10.2. The lowest BCUT2D eigenvalue weighted by molar-refractivity contribution is -0.144. The first-order valence-electron chi connectivity index (χ1n) is 7.36. The van der Waals surface area contributed by atoms with E-state index >= 15 is 0 Å². The summed E-state index contributed by atoms with van der Waals surface area (Å²) in [5.41, 5.74) is 5.79. The summed E-state index contributed by atoms with van der Waals surface area (Å²) in [6, 6.07) is -1.38. The summed E-state index contributed by atoms with van der Waals surface area (Å²) in [4.78, 5) is 39.2. The lowest BCUT2D eigenvalue weighted by atomic mass is 10.0. The molecule has 122 valence electrons. The summed E-state index contributed by atoms with van der Waals surface area (Å²) >= 11 is 0. The van der Waals surface area contributed by atoms with Gasteiger partial charge in [0.05, 0.1) is 0 Å². The van der Waals surface area contributed by atoms with Crippen molar-refractivity contribution >= 4 is 17.7 Å². The fourth-order valence-electron chi connectivity index (χ4n) is 2.46. The molecule has 2 atom stereocenters. The number of hydrogen-bond donors (Lipinski definition) is 1. The second-order valence-corrected chi connectivity index (χ2v) is 6.11. The molecule has 0 aliphatic carbocycles. The van der Waals surface area contributed by atoms with Crippen molar-refractivity contribution in [1.29, 1.82) is 0 Å². The van der Waals surface area contributed by atoms with Gasteiger partial charge in [-0.1, -0.05) is 32.6 Å². The average molecular weight is 307 g/mol. The van der Waals surface area contributed by atoms with E-state index in [1.165, 1.54) is 9.80 Å². The molecule has 0 fully saturated rings. The number of hydrogen-bond acceptors (Lipinski definition) is 3. The van der Waals surface area contributed by atoms with Crippen LogP contribution in [0.1, 0.15) is 27.2 Å². The Kier molecular flexibility index (Phi) is 5.91. The molecule has 6 heteroatoms. The third-order valence-electron chi connectivity index (χ3n) is 3.67. The van der Waals surface area contributed by atoms with Gasteiger partial charge in [0.1, 0.15) is 12.1 Å². The Balaban J connectivity index is 2.92. The van der Waals surface area contributed by atoms with Crippen molar-refractivity contribution in [2.75, 3.05) is 13.6 Å². The van der Waals surface area contributed by atoms with Crippen LogP contribution in [0.5, 0.6) is 0 Å². The summed E-state index contributed by atoms with van der Waals surface area (Å²) in [7, 11) is 1.55. The minimum Gasteiger partial charge on any atom is -0.368 e. The zero-order valence-corrected chi connectivity index (χ0v) is 13.7. The molecule has 0 bridgehead atoms. The summed E-state index contributed by atoms with van der Waals surface area (Å²) in [5, 5.41) is 0. The molecule has 0 aromatic carbocycles. The van der Waals surface area contributed by atoms with Gasteiger partial charge in [-0.2, -0.15) is 0 Å². The topological polar surface area (TPSA) is 83.7 Å². The van der Waals surface area contributed by atoms with Gasteiger partial charge in [-0.25, -0.2) is 0 Å². The highest BCUT2D eigenvalue weighted by molar-refractivity contribution is 5.98. The monoisotopic (exact) mass is 307 g/mol. The number of rotatable bonds is 6. The number of nitrogens with zero attached hydrogens (tertiary/aromatic N) is 2. The Morgan fingerprint density at radius 1 is 1.41 bits per heavy atom. The first kappa shape index (κ1) is 17.9. The first-order valence-corrected chi connectivity index (χ1v) is 7.36. The third-order valence-corrected chi connectivity index (χ3v) is 3.67. The van der Waals surface area contributed by atoms with Crippen molar-refractivity contribution < 1.29 is 14.4 Å². The molecule has 2 N–H and O–H groups in total. The fourth-order valence-corrected chi connectivity index (χ4v) is 2.46. The number of carbonyl (C=O) groups is 3. The second kappa shape index (κ2) is 7.24. The van der Waals surface area contributed by atoms with Gasteiger partial charge in [0, 0.05) is 19.2 Å². The lowest BCUT2D eigenvalue weighted by Gasteiger charge is -2.32. The molecule has 0 saturated heterocycles. The normalized spacial score (nSPS) is 18.4. The van der Waals surface area contributed by atoms with Crippen LogP contribution in [0.25, 0.3) is 0 Å². The van der Waals surface area contributed by atoms with Crippen molar-refractivity contribution in [3.63, 3.8) is 0 Å². The van der Waals surface area contributed by atoms with E-state index < -0.39 is 18.0 Å². The highest BCUT2D eigenvalue weighted by Crippen LogP contribution is 2.18. The van der Waals surface area contributed by atoms with Crippen LogP contribution >= 0.6 is 0 Å². The summed E-state index contributed by atoms with van der Waals surface area (Å²) in [6.45, 7) is 9.51. The number of likely N-dealkylation sites (N-methyl/N-ethyl adjacent to an activating group) is 1. The van der Waals surface area contributed by atoms with Crippen LogP contribution in [0.2, 0.25) is 0 Å². The fraction of sp³-hybridized carbons (Fsp3) is 0.562. The zero-order chi connectivity index (χ0) is 17.0. The van der Waals surface area contributed by atoms with Crippen molar-refractivity contribution in [3.05, 3.63) is 24.3 Å². The standard InChI is InChI=1S/C16H25N3O3/c1-10(2)9-13(14(17)20)18(5)16(22)12-7-6-8-19(12)15(21)11(3)4/h6-7,10,12-13H,3,8-9H2,1-2,4-5H3,(H2,17,20)/t12-,13?/m0/s1. The highest BCUT2D eigenvalue weighted by Gasteiger charge is 2.36. The molecule has 0 aromatic heterocycles. The van der Waals surface area contributed by atoms with Crippen molar-refractivity contribution in [2.24, 2.45) is 11.7 Å². The van der Waals surface area contributed by atoms with Crippen LogP contribution < -0.4 is 5.73 Å². The van der Waals surface area contributed by atoms with E-state index in [0.717, 1.165) is 0 Å². The SMILES string of the molecule is C=C(C)C(=O)N1CC=C[C@H]1C(=O)N(C)C(CC(C)C)C(N)=O. The predicted octanol–water partition coefficient (Wildman–Crippen LogP) is 0.688. The van der Waals surface area contributed by atoms with Crippen molar-refractivity contribution in [1.82, 2.24) is 9.80 Å². The van der Waals surface area contributed by atoms with E-state index in [2.05, 4.69) is 6.58 Å². The molecule has 1 unspecified atom stereocenters. The minimum atomic E-state index is -0.705. The molecular formula is C16H25N3O3. The summed E-state index contributed by atoms with van der Waals surface area (Å²) < 4.78 is 0. The van der Waals surface area contributed by atoms with Crippen LogP contribution in [0.4, 0.5) is 0 Å². The smallest absolute Gasteiger partial charge is 0.250 e. The minimum absolute atomic E-state index is 0.222. The molecule has 1 heterocycles. The maximum absolute atomic E-state index is 12.7. The van der Waals surface area contributed by atoms with Gasteiger partial charge in [0.25, 0.3) is 0 Å². The van der Waals surface area contributed by atoms with E-state index in [1.807, 2.05) is 13.8 Å². The molecule has 22 heavy (non-hydrogen) atoms. The second-order valence-electron chi connectivity index (χ2n) is 6.11. The van der Waals surface area contributed by atoms with Crippen molar-refractivity contribution in [2.45, 2.75) is 39.3 Å². The van der Waals surface area contributed by atoms with Gasteiger partial charge < -0.3 is 15.5 Å². The Labute approximate surface area is 131 Å². The van der Waals surface area contributed by atoms with Crippen LogP contribution in [-0.2, 0) is 14.4 Å². The largest absolute Gasteiger partial charge is 0.368 e. The molecule has 1 rings (SSSR count).